The molecule has 0 fully saturated rings. The number of halogens is 1. The predicted octanol–water partition coefficient (Wildman–Crippen LogP) is 4.37. The second kappa shape index (κ2) is 5.05. The summed E-state index contributed by atoms with van der Waals surface area (Å²) in [5, 5.41) is 4.67. The first kappa shape index (κ1) is 12.4. The number of nitrogens with one attached hydrogen (secondary N) is 1. The number of nitrogens with zero attached hydrogens (tertiary/aromatic N) is 1. The van der Waals surface area contributed by atoms with E-state index in [1.54, 1.807) is 0 Å². The van der Waals surface area contributed by atoms with Crippen molar-refractivity contribution in [2.75, 3.05) is 11.9 Å². The minimum Gasteiger partial charge on any atom is -0.384 e. The summed E-state index contributed by atoms with van der Waals surface area (Å²) < 4.78 is 1.05. The summed E-state index contributed by atoms with van der Waals surface area (Å²) in [6, 6.07) is 8.29. The van der Waals surface area contributed by atoms with Crippen LogP contribution < -0.4 is 5.32 Å². The molecular formula is C14H17BrN2. The van der Waals surface area contributed by atoms with E-state index in [2.05, 4.69) is 52.2 Å². The molecule has 2 nitrogen and oxygen atoms in total. The Kier molecular flexibility index (Phi) is 3.67. The molecule has 17 heavy (non-hydrogen) atoms. The largest absolute Gasteiger partial charge is 0.384 e. The van der Waals surface area contributed by atoms with E-state index in [1.165, 1.54) is 11.1 Å². The van der Waals surface area contributed by atoms with E-state index in [0.717, 1.165) is 22.2 Å². The highest BCUT2D eigenvalue weighted by molar-refractivity contribution is 9.10. The maximum atomic E-state index is 4.58. The van der Waals surface area contributed by atoms with Gasteiger partial charge in [-0.25, -0.2) is 0 Å². The van der Waals surface area contributed by atoms with Crippen LogP contribution in [0.15, 0.2) is 28.7 Å². The molecule has 0 aliphatic heterocycles. The molecule has 1 N–H and O–H groups in total. The average Bonchev–Trinajstić information content (AvgIpc) is 2.27. The third-order valence-corrected chi connectivity index (χ3v) is 3.26. The highest BCUT2D eigenvalue weighted by atomic mass is 79.9. The number of hydrogen-bond acceptors (Lipinski definition) is 2. The first-order chi connectivity index (χ1) is 8.08. The summed E-state index contributed by atoms with van der Waals surface area (Å²) in [6.07, 6.45) is 0. The van der Waals surface area contributed by atoms with Crippen LogP contribution in [0.5, 0.6) is 0 Å². The molecule has 0 amide bonds. The molecule has 2 rings (SSSR count). The molecule has 0 saturated heterocycles. The Bertz CT molecular complexity index is 535. The Labute approximate surface area is 111 Å². The molecule has 1 aromatic carbocycles. The number of aromatic nitrogens is 1. The first-order valence-electron chi connectivity index (χ1n) is 5.87. The summed E-state index contributed by atoms with van der Waals surface area (Å²) in [4.78, 5) is 4.58. The van der Waals surface area contributed by atoms with Gasteiger partial charge in [0.2, 0.25) is 0 Å². The van der Waals surface area contributed by atoms with Gasteiger partial charge in [0.25, 0.3) is 0 Å². The lowest BCUT2D eigenvalue weighted by Gasteiger charge is -2.13. The van der Waals surface area contributed by atoms with Crippen molar-refractivity contribution in [1.29, 1.82) is 0 Å². The number of para-hydroxylation sites is 1. The van der Waals surface area contributed by atoms with Gasteiger partial charge in [0.05, 0.1) is 5.52 Å². The fraction of sp³-hybridized carbons (Fsp3) is 0.357. The number of benzene rings is 1. The highest BCUT2D eigenvalue weighted by Gasteiger charge is 2.06. The minimum atomic E-state index is 0.630. The average molecular weight is 293 g/mol. The van der Waals surface area contributed by atoms with Crippen molar-refractivity contribution in [2.45, 2.75) is 20.8 Å². The monoisotopic (exact) mass is 292 g/mol. The SMILES string of the molecule is Cc1cc(NCC(C)C)c2cccc(Br)c2n1. The van der Waals surface area contributed by atoms with E-state index in [9.17, 15) is 0 Å². The van der Waals surface area contributed by atoms with Crippen LogP contribution in [-0.4, -0.2) is 11.5 Å². The van der Waals surface area contributed by atoms with E-state index >= 15 is 0 Å². The van der Waals surface area contributed by atoms with Crippen molar-refractivity contribution < 1.29 is 0 Å². The molecule has 0 spiro atoms. The number of pyridine rings is 1. The van der Waals surface area contributed by atoms with Crippen molar-refractivity contribution in [3.05, 3.63) is 34.4 Å². The van der Waals surface area contributed by atoms with Crippen LogP contribution in [0.4, 0.5) is 5.69 Å². The summed E-state index contributed by atoms with van der Waals surface area (Å²) in [7, 11) is 0. The molecular weight excluding hydrogens is 276 g/mol. The van der Waals surface area contributed by atoms with E-state index in [0.29, 0.717) is 5.92 Å². The van der Waals surface area contributed by atoms with Gasteiger partial charge in [0.15, 0.2) is 0 Å². The normalized spacial score (nSPS) is 11.1. The lowest BCUT2D eigenvalue weighted by Crippen LogP contribution is -2.08. The quantitative estimate of drug-likeness (QED) is 0.908. The first-order valence-corrected chi connectivity index (χ1v) is 6.67. The second-order valence-corrected chi connectivity index (χ2v) is 5.58. The van der Waals surface area contributed by atoms with Gasteiger partial charge in [-0.2, -0.15) is 0 Å². The highest BCUT2D eigenvalue weighted by Crippen LogP contribution is 2.28. The third-order valence-electron chi connectivity index (χ3n) is 2.62. The lowest BCUT2D eigenvalue weighted by atomic mass is 10.1. The van der Waals surface area contributed by atoms with Crippen LogP contribution >= 0.6 is 15.9 Å². The summed E-state index contributed by atoms with van der Waals surface area (Å²) in [6.45, 7) is 7.42. The topological polar surface area (TPSA) is 24.9 Å². The van der Waals surface area contributed by atoms with E-state index in [-0.39, 0.29) is 0 Å². The van der Waals surface area contributed by atoms with Crippen LogP contribution in [0, 0.1) is 12.8 Å². The van der Waals surface area contributed by atoms with Crippen molar-refractivity contribution in [3.63, 3.8) is 0 Å². The molecule has 1 aromatic heterocycles. The molecule has 0 aliphatic carbocycles. The van der Waals surface area contributed by atoms with Crippen LogP contribution in [0.25, 0.3) is 10.9 Å². The fourth-order valence-electron chi connectivity index (χ4n) is 1.80. The van der Waals surface area contributed by atoms with Gasteiger partial charge in [-0.15, -0.1) is 0 Å². The van der Waals surface area contributed by atoms with E-state index in [4.69, 9.17) is 0 Å². The molecule has 0 aliphatic rings. The second-order valence-electron chi connectivity index (χ2n) is 4.72. The molecule has 1 heterocycles. The van der Waals surface area contributed by atoms with Crippen LogP contribution in [-0.2, 0) is 0 Å². The summed E-state index contributed by atoms with van der Waals surface area (Å²) in [5.74, 6) is 0.630. The van der Waals surface area contributed by atoms with Crippen molar-refractivity contribution in [2.24, 2.45) is 5.92 Å². The molecule has 0 unspecified atom stereocenters. The molecule has 0 atom stereocenters. The Morgan fingerprint density at radius 2 is 2.12 bits per heavy atom. The zero-order valence-electron chi connectivity index (χ0n) is 10.4. The van der Waals surface area contributed by atoms with Crippen LogP contribution in [0.1, 0.15) is 19.5 Å². The van der Waals surface area contributed by atoms with Gasteiger partial charge in [-0.1, -0.05) is 26.0 Å². The Morgan fingerprint density at radius 1 is 1.35 bits per heavy atom. The Morgan fingerprint density at radius 3 is 2.82 bits per heavy atom. The number of fused-ring (bicyclic) bond motifs is 1. The van der Waals surface area contributed by atoms with Crippen molar-refractivity contribution in [3.8, 4) is 0 Å². The minimum absolute atomic E-state index is 0.630. The number of hydrogen-bond donors (Lipinski definition) is 1. The van der Waals surface area contributed by atoms with Crippen molar-refractivity contribution >= 4 is 32.5 Å². The molecule has 90 valence electrons. The lowest BCUT2D eigenvalue weighted by molar-refractivity contribution is 0.689. The van der Waals surface area contributed by atoms with Crippen LogP contribution in [0.3, 0.4) is 0 Å². The smallest absolute Gasteiger partial charge is 0.0867 e. The van der Waals surface area contributed by atoms with Gasteiger partial charge in [0.1, 0.15) is 0 Å². The number of rotatable bonds is 3. The molecule has 2 aromatic rings. The van der Waals surface area contributed by atoms with Gasteiger partial charge >= 0.3 is 0 Å². The molecule has 3 heteroatoms. The molecule has 0 saturated carbocycles. The maximum absolute atomic E-state index is 4.58. The third kappa shape index (κ3) is 2.78. The van der Waals surface area contributed by atoms with Gasteiger partial charge in [-0.3, -0.25) is 4.98 Å². The number of aryl methyl sites for hydroxylation is 1. The zero-order valence-corrected chi connectivity index (χ0v) is 12.0. The summed E-state index contributed by atoms with van der Waals surface area (Å²) in [5.41, 5.74) is 3.23. The maximum Gasteiger partial charge on any atom is 0.0867 e. The van der Waals surface area contributed by atoms with Gasteiger partial charge < -0.3 is 5.32 Å². The summed E-state index contributed by atoms with van der Waals surface area (Å²) >= 11 is 3.55. The van der Waals surface area contributed by atoms with Crippen LogP contribution in [0.2, 0.25) is 0 Å². The van der Waals surface area contributed by atoms with Gasteiger partial charge in [0, 0.05) is 27.8 Å². The van der Waals surface area contributed by atoms with Crippen molar-refractivity contribution in [1.82, 2.24) is 4.98 Å². The fourth-order valence-corrected chi connectivity index (χ4v) is 2.26. The molecule has 0 radical (unpaired) electrons. The predicted molar refractivity (Wildman–Crippen MR) is 77.5 cm³/mol. The Hall–Kier alpha value is -1.09. The van der Waals surface area contributed by atoms with E-state index in [1.807, 2.05) is 19.1 Å². The zero-order chi connectivity index (χ0) is 12.4. The standard InChI is InChI=1S/C14H17BrN2/c1-9(2)8-16-13-7-10(3)17-14-11(13)5-4-6-12(14)15/h4-7,9H,8H2,1-3H3,(H,16,17). The van der Waals surface area contributed by atoms with E-state index < -0.39 is 0 Å². The van der Waals surface area contributed by atoms with Gasteiger partial charge in [-0.05, 0) is 40.9 Å². The number of anilines is 1. The Balaban J connectivity index is 2.50. The molecule has 0 bridgehead atoms.